The predicted octanol–water partition coefficient (Wildman–Crippen LogP) is 3.12. The zero-order chi connectivity index (χ0) is 19.8. The number of fused-ring (bicyclic) bond motifs is 1. The summed E-state index contributed by atoms with van der Waals surface area (Å²) in [7, 11) is 0. The van der Waals surface area contributed by atoms with E-state index in [4.69, 9.17) is 4.42 Å². The number of hydrogen-bond donors (Lipinski definition) is 1. The Bertz CT molecular complexity index is 1080. The van der Waals surface area contributed by atoms with Gasteiger partial charge in [0.15, 0.2) is 11.5 Å². The lowest BCUT2D eigenvalue weighted by molar-refractivity contribution is -0.136. The molecular weight excluding hydrogens is 360 g/mol. The lowest BCUT2D eigenvalue weighted by Gasteiger charge is -2.21. The van der Waals surface area contributed by atoms with Crippen molar-refractivity contribution in [3.05, 3.63) is 45.8 Å². The van der Waals surface area contributed by atoms with Crippen LogP contribution in [0.1, 0.15) is 49.8 Å². The van der Waals surface area contributed by atoms with Gasteiger partial charge in [0.1, 0.15) is 5.58 Å². The minimum absolute atomic E-state index is 0.208. The number of carbonyl (C=O) groups excluding carboxylic acids is 3. The van der Waals surface area contributed by atoms with Gasteiger partial charge in [-0.3, -0.25) is 19.2 Å². The van der Waals surface area contributed by atoms with Crippen LogP contribution in [0.5, 0.6) is 5.75 Å². The molecular formula is C22H20O6. The number of ketones is 3. The summed E-state index contributed by atoms with van der Waals surface area (Å²) in [6.45, 7) is 0. The maximum Gasteiger partial charge on any atom is 0.235 e. The second-order valence-corrected chi connectivity index (χ2v) is 7.59. The van der Waals surface area contributed by atoms with Crippen LogP contribution in [0, 0.1) is 5.92 Å². The Morgan fingerprint density at radius 3 is 2.50 bits per heavy atom. The highest BCUT2D eigenvalue weighted by atomic mass is 16.4. The molecule has 6 nitrogen and oxygen atoms in total. The molecule has 0 aliphatic heterocycles. The Kier molecular flexibility index (Phi) is 4.71. The highest BCUT2D eigenvalue weighted by Crippen LogP contribution is 2.31. The van der Waals surface area contributed by atoms with Gasteiger partial charge in [-0.05, 0) is 30.0 Å². The number of rotatable bonds is 3. The first-order valence-corrected chi connectivity index (χ1v) is 9.55. The molecule has 0 atom stereocenters. The van der Waals surface area contributed by atoms with Crippen LogP contribution in [0.2, 0.25) is 0 Å². The van der Waals surface area contributed by atoms with E-state index in [9.17, 15) is 24.3 Å². The number of benzene rings is 1. The molecule has 0 radical (unpaired) electrons. The molecule has 2 aliphatic rings. The number of aromatic hydroxyl groups is 1. The fourth-order valence-electron chi connectivity index (χ4n) is 4.07. The molecule has 1 N–H and O–H groups in total. The molecule has 2 aromatic rings. The van der Waals surface area contributed by atoms with Crippen molar-refractivity contribution in [2.45, 2.75) is 44.9 Å². The van der Waals surface area contributed by atoms with Crippen molar-refractivity contribution in [1.82, 2.24) is 0 Å². The molecule has 0 saturated heterocycles. The van der Waals surface area contributed by atoms with Crippen LogP contribution in [-0.4, -0.2) is 22.5 Å². The average molecular weight is 380 g/mol. The van der Waals surface area contributed by atoms with Crippen molar-refractivity contribution in [2.24, 2.45) is 5.92 Å². The van der Waals surface area contributed by atoms with E-state index in [1.54, 1.807) is 12.1 Å². The maximum atomic E-state index is 12.5. The molecule has 1 aromatic carbocycles. The van der Waals surface area contributed by atoms with Crippen molar-refractivity contribution in [1.29, 1.82) is 0 Å². The molecule has 6 heteroatoms. The summed E-state index contributed by atoms with van der Waals surface area (Å²) in [4.78, 5) is 47.8. The van der Waals surface area contributed by atoms with E-state index in [2.05, 4.69) is 0 Å². The minimum atomic E-state index is -0.845. The molecule has 1 saturated carbocycles. The lowest BCUT2D eigenvalue weighted by atomic mass is 9.85. The van der Waals surface area contributed by atoms with Crippen LogP contribution in [0.25, 0.3) is 16.5 Å². The molecule has 0 spiro atoms. The molecule has 0 bridgehead atoms. The summed E-state index contributed by atoms with van der Waals surface area (Å²) in [5, 5.41) is 10.5. The number of hydrogen-bond acceptors (Lipinski definition) is 6. The quantitative estimate of drug-likeness (QED) is 0.648. The van der Waals surface area contributed by atoms with Gasteiger partial charge in [0.05, 0.1) is 17.4 Å². The molecule has 1 fully saturated rings. The highest BCUT2D eigenvalue weighted by molar-refractivity contribution is 6.53. The zero-order valence-corrected chi connectivity index (χ0v) is 15.3. The SMILES string of the molecule is O=C1C=C(c2oc3cc(CC4CCCCC4)ccc3c(=O)c2O)C(=O)CC1=O. The molecule has 1 heterocycles. The van der Waals surface area contributed by atoms with Crippen molar-refractivity contribution in [2.75, 3.05) is 0 Å². The van der Waals surface area contributed by atoms with E-state index < -0.39 is 34.9 Å². The van der Waals surface area contributed by atoms with E-state index in [1.807, 2.05) is 6.07 Å². The second kappa shape index (κ2) is 7.19. The minimum Gasteiger partial charge on any atom is -0.502 e. The first-order chi connectivity index (χ1) is 13.4. The van der Waals surface area contributed by atoms with Crippen molar-refractivity contribution < 1.29 is 23.9 Å². The van der Waals surface area contributed by atoms with Crippen LogP contribution in [0.15, 0.2) is 33.5 Å². The Morgan fingerprint density at radius 2 is 1.75 bits per heavy atom. The molecule has 0 amide bonds. The van der Waals surface area contributed by atoms with Gasteiger partial charge < -0.3 is 9.52 Å². The van der Waals surface area contributed by atoms with Crippen LogP contribution < -0.4 is 5.43 Å². The van der Waals surface area contributed by atoms with Gasteiger partial charge in [-0.25, -0.2) is 0 Å². The van der Waals surface area contributed by atoms with Crippen LogP contribution >= 0.6 is 0 Å². The lowest BCUT2D eigenvalue weighted by Crippen LogP contribution is -2.23. The monoisotopic (exact) mass is 380 g/mol. The van der Waals surface area contributed by atoms with Crippen molar-refractivity contribution >= 4 is 33.9 Å². The topological polar surface area (TPSA) is 102 Å². The third kappa shape index (κ3) is 3.30. The molecule has 2 aliphatic carbocycles. The molecule has 4 rings (SSSR count). The molecule has 144 valence electrons. The summed E-state index contributed by atoms with van der Waals surface area (Å²) in [6, 6.07) is 5.24. The van der Waals surface area contributed by atoms with Gasteiger partial charge in [-0.2, -0.15) is 0 Å². The van der Waals surface area contributed by atoms with E-state index >= 15 is 0 Å². The van der Waals surface area contributed by atoms with Gasteiger partial charge >= 0.3 is 0 Å². The Labute approximate surface area is 160 Å². The number of Topliss-reactive ketones (excluding diaryl/α,β-unsaturated/α-hetero) is 2. The summed E-state index contributed by atoms with van der Waals surface area (Å²) < 4.78 is 5.69. The standard InChI is InChI=1S/C22H20O6/c23-16-11-18(25)17(24)10-15(16)22-21(27)20(26)14-7-6-13(9-19(14)28-22)8-12-4-2-1-3-5-12/h6-7,9-10,12,27H,1-5,8,11H2. The van der Waals surface area contributed by atoms with Gasteiger partial charge in [-0.15, -0.1) is 0 Å². The number of allylic oxidation sites excluding steroid dienone is 2. The predicted molar refractivity (Wildman–Crippen MR) is 102 cm³/mol. The molecule has 0 unspecified atom stereocenters. The van der Waals surface area contributed by atoms with Gasteiger partial charge in [0, 0.05) is 6.08 Å². The maximum absolute atomic E-state index is 12.5. The van der Waals surface area contributed by atoms with Gasteiger partial charge in [0.25, 0.3) is 0 Å². The largest absolute Gasteiger partial charge is 0.502 e. The average Bonchev–Trinajstić information content (AvgIpc) is 2.68. The Hall–Kier alpha value is -3.02. The fourth-order valence-corrected chi connectivity index (χ4v) is 4.07. The van der Waals surface area contributed by atoms with E-state index in [0.29, 0.717) is 5.92 Å². The first-order valence-electron chi connectivity index (χ1n) is 9.55. The fraction of sp³-hybridized carbons (Fsp3) is 0.364. The van der Waals surface area contributed by atoms with E-state index in [-0.39, 0.29) is 22.3 Å². The first kappa shape index (κ1) is 18.3. The highest BCUT2D eigenvalue weighted by Gasteiger charge is 2.31. The van der Waals surface area contributed by atoms with Crippen molar-refractivity contribution in [3.63, 3.8) is 0 Å². The Morgan fingerprint density at radius 1 is 1.00 bits per heavy atom. The summed E-state index contributed by atoms with van der Waals surface area (Å²) >= 11 is 0. The van der Waals surface area contributed by atoms with Crippen molar-refractivity contribution in [3.8, 4) is 5.75 Å². The zero-order valence-electron chi connectivity index (χ0n) is 15.3. The van der Waals surface area contributed by atoms with Crippen LogP contribution in [0.4, 0.5) is 0 Å². The molecule has 28 heavy (non-hydrogen) atoms. The summed E-state index contributed by atoms with van der Waals surface area (Å²) in [5.74, 6) is -2.79. The van der Waals surface area contributed by atoms with Crippen LogP contribution in [-0.2, 0) is 20.8 Å². The van der Waals surface area contributed by atoms with Crippen LogP contribution in [0.3, 0.4) is 0 Å². The third-order valence-electron chi connectivity index (χ3n) is 5.60. The van der Waals surface area contributed by atoms with E-state index in [1.165, 1.54) is 32.1 Å². The van der Waals surface area contributed by atoms with E-state index in [0.717, 1.165) is 18.1 Å². The van der Waals surface area contributed by atoms with Gasteiger partial charge in [-0.1, -0.05) is 38.2 Å². The smallest absolute Gasteiger partial charge is 0.235 e. The summed E-state index contributed by atoms with van der Waals surface area (Å²) in [6.07, 6.45) is 7.22. The third-order valence-corrected chi connectivity index (χ3v) is 5.60. The second-order valence-electron chi connectivity index (χ2n) is 7.59. The number of carbonyl (C=O) groups is 3. The Balaban J connectivity index is 1.77. The van der Waals surface area contributed by atoms with Gasteiger partial charge in [0.2, 0.25) is 22.7 Å². The molecule has 1 aromatic heterocycles. The normalized spacial score (nSPS) is 18.6. The summed E-state index contributed by atoms with van der Waals surface area (Å²) in [5.41, 5.74) is 0.371.